The van der Waals surface area contributed by atoms with Gasteiger partial charge in [-0.25, -0.2) is 8.78 Å². The molecule has 2 heterocycles. The summed E-state index contributed by atoms with van der Waals surface area (Å²) >= 11 is 18.8. The summed E-state index contributed by atoms with van der Waals surface area (Å²) in [5.74, 6) is -0.775. The molecule has 3 nitrogen and oxygen atoms in total. The Balaban J connectivity index is 0.000000363. The molecule has 0 saturated heterocycles. The highest BCUT2D eigenvalue weighted by Gasteiger charge is 2.01. The molecule has 134 valence electrons. The van der Waals surface area contributed by atoms with Gasteiger partial charge in [0, 0.05) is 26.7 Å². The second-order valence-electron chi connectivity index (χ2n) is 3.65. The summed E-state index contributed by atoms with van der Waals surface area (Å²) < 4.78 is 26.4. The molecule has 0 spiro atoms. The lowest BCUT2D eigenvalue weighted by molar-refractivity contribution is 0.270. The molecule has 2 rings (SSSR count). The van der Waals surface area contributed by atoms with Gasteiger partial charge in [-0.15, -0.1) is 0 Å². The molecule has 0 radical (unpaired) electrons. The van der Waals surface area contributed by atoms with E-state index in [1.54, 1.807) is 6.20 Å². The van der Waals surface area contributed by atoms with Gasteiger partial charge in [-0.1, -0.05) is 15.9 Å². The van der Waals surface area contributed by atoms with Crippen molar-refractivity contribution in [2.75, 3.05) is 0 Å². The highest BCUT2D eigenvalue weighted by molar-refractivity contribution is 9.93. The van der Waals surface area contributed by atoms with Crippen LogP contribution in [0, 0.1) is 11.6 Å². The first-order valence-electron chi connectivity index (χ1n) is 5.75. The van der Waals surface area contributed by atoms with Gasteiger partial charge in [-0.3, -0.25) is 9.97 Å². The second kappa shape index (κ2) is 14.5. The maximum Gasteiger partial charge on any atom is 0.148 e. The maximum absolute atomic E-state index is 12.7. The summed E-state index contributed by atoms with van der Waals surface area (Å²) in [6.45, 7) is -0.362. The van der Waals surface area contributed by atoms with Gasteiger partial charge in [0.25, 0.3) is 0 Å². The molecule has 0 aliphatic carbocycles. The van der Waals surface area contributed by atoms with E-state index in [1.165, 1.54) is 18.3 Å². The predicted octanol–water partition coefficient (Wildman–Crippen LogP) is 7.75. The molecular formula is C12H9Br6F2N2OP. The van der Waals surface area contributed by atoms with Crippen molar-refractivity contribution in [1.29, 1.82) is 0 Å². The number of halogens is 8. The van der Waals surface area contributed by atoms with Gasteiger partial charge in [-0.05, 0) is 90.5 Å². The van der Waals surface area contributed by atoms with E-state index in [-0.39, 0.29) is 22.1 Å². The molecule has 0 atom stereocenters. The van der Waals surface area contributed by atoms with E-state index >= 15 is 0 Å². The number of pyridine rings is 2. The van der Waals surface area contributed by atoms with Crippen LogP contribution in [0.15, 0.2) is 33.5 Å². The lowest BCUT2D eigenvalue weighted by Gasteiger charge is -1.96. The van der Waals surface area contributed by atoms with Gasteiger partial charge in [0.2, 0.25) is 0 Å². The minimum Gasteiger partial charge on any atom is -0.390 e. The first-order valence-corrected chi connectivity index (χ1v) is 15.9. The summed E-state index contributed by atoms with van der Waals surface area (Å²) in [4.78, 5) is 7.45. The molecule has 0 fully saturated rings. The average molecular weight is 746 g/mol. The molecule has 0 aliphatic heterocycles. The fourth-order valence-electron chi connectivity index (χ4n) is 1.10. The number of aromatic nitrogens is 2. The lowest BCUT2D eigenvalue weighted by atomic mass is 10.3. The monoisotopic (exact) mass is 740 g/mol. The Morgan fingerprint density at radius 2 is 1.29 bits per heavy atom. The van der Waals surface area contributed by atoms with E-state index < -0.39 is 5.82 Å². The number of rotatable bonds is 2. The minimum atomic E-state index is -0.489. The third kappa shape index (κ3) is 11.9. The number of aliphatic hydroxyl groups is 1. The summed E-state index contributed by atoms with van der Waals surface area (Å²) in [6, 6.07) is 2.65. The molecule has 0 saturated carbocycles. The van der Waals surface area contributed by atoms with Crippen molar-refractivity contribution < 1.29 is 13.9 Å². The van der Waals surface area contributed by atoms with Crippen LogP contribution in [0.3, 0.4) is 0 Å². The Labute approximate surface area is 188 Å². The van der Waals surface area contributed by atoms with Crippen LogP contribution in [0.4, 0.5) is 8.78 Å². The van der Waals surface area contributed by atoms with E-state index in [4.69, 9.17) is 5.11 Å². The van der Waals surface area contributed by atoms with Crippen LogP contribution in [0.1, 0.15) is 11.4 Å². The Bertz CT molecular complexity index is 584. The fraction of sp³-hybridized carbons (Fsp3) is 0.167. The second-order valence-corrected chi connectivity index (χ2v) is 21.4. The van der Waals surface area contributed by atoms with Crippen LogP contribution in [-0.4, -0.2) is 15.1 Å². The van der Waals surface area contributed by atoms with Crippen molar-refractivity contribution in [3.05, 3.63) is 56.5 Å². The van der Waals surface area contributed by atoms with Crippen LogP contribution >= 0.6 is 98.3 Å². The van der Waals surface area contributed by atoms with Gasteiger partial charge in [0.15, 0.2) is 0 Å². The first kappa shape index (κ1) is 25.4. The van der Waals surface area contributed by atoms with Gasteiger partial charge in [0.05, 0.1) is 12.3 Å². The molecule has 1 N–H and O–H groups in total. The highest BCUT2D eigenvalue weighted by atomic mass is 80.0. The Kier molecular flexibility index (Phi) is 15.3. The Morgan fingerprint density at radius 1 is 0.917 bits per heavy atom. The van der Waals surface area contributed by atoms with E-state index in [0.29, 0.717) is 20.0 Å². The smallest absolute Gasteiger partial charge is 0.148 e. The molecule has 12 heteroatoms. The Hall–Kier alpha value is 1.43. The van der Waals surface area contributed by atoms with Crippen LogP contribution in [0.25, 0.3) is 0 Å². The van der Waals surface area contributed by atoms with E-state index in [0.717, 1.165) is 0 Å². The molecular weight excluding hydrogens is 737 g/mol. The maximum atomic E-state index is 12.7. The van der Waals surface area contributed by atoms with Gasteiger partial charge in [0.1, 0.15) is 21.4 Å². The van der Waals surface area contributed by atoms with E-state index in [2.05, 4.69) is 104 Å². The largest absolute Gasteiger partial charge is 0.390 e. The standard InChI is InChI=1S/C6H4Br2FN.C6H5BrFNO.Br3P/c7-2-6-5(9)1-4(8)3-10-6;7-4-1-5(8)6(3-10)9-2-4;1-4(2)3/h1,3H,2H2;1-2,10H,3H2;. The van der Waals surface area contributed by atoms with Crippen molar-refractivity contribution in [3.8, 4) is 0 Å². The molecule has 0 amide bonds. The Morgan fingerprint density at radius 3 is 1.58 bits per heavy atom. The third-order valence-electron chi connectivity index (χ3n) is 2.04. The third-order valence-corrected chi connectivity index (χ3v) is 3.44. The number of hydrogen-bond donors (Lipinski definition) is 1. The zero-order chi connectivity index (χ0) is 18.7. The fourth-order valence-corrected chi connectivity index (χ4v) is 2.12. The summed E-state index contributed by atoms with van der Waals surface area (Å²) in [5.41, 5.74) is 0.506. The highest BCUT2D eigenvalue weighted by Crippen LogP contribution is 2.59. The lowest BCUT2D eigenvalue weighted by Crippen LogP contribution is -1.93. The van der Waals surface area contributed by atoms with Gasteiger partial charge < -0.3 is 5.11 Å². The minimum absolute atomic E-state index is 0.0724. The van der Waals surface area contributed by atoms with Crippen molar-refractivity contribution in [2.45, 2.75) is 11.9 Å². The summed E-state index contributed by atoms with van der Waals surface area (Å²) in [5, 5.41) is 8.94. The van der Waals surface area contributed by atoms with E-state index in [9.17, 15) is 8.78 Å². The number of aliphatic hydroxyl groups excluding tert-OH is 1. The normalized spacial score (nSPS) is 9.75. The zero-order valence-electron chi connectivity index (χ0n) is 11.5. The molecule has 2 aromatic rings. The number of hydrogen-bond acceptors (Lipinski definition) is 3. The molecule has 0 aliphatic rings. The van der Waals surface area contributed by atoms with Crippen molar-refractivity contribution in [3.63, 3.8) is 0 Å². The van der Waals surface area contributed by atoms with Crippen molar-refractivity contribution in [2.24, 2.45) is 0 Å². The zero-order valence-corrected chi connectivity index (χ0v) is 21.9. The summed E-state index contributed by atoms with van der Waals surface area (Å²) in [7, 11) is 0. The molecule has 0 aromatic carbocycles. The molecule has 24 heavy (non-hydrogen) atoms. The number of nitrogens with zero attached hydrogens (tertiary/aromatic N) is 2. The molecule has 0 bridgehead atoms. The van der Waals surface area contributed by atoms with Crippen LogP contribution in [0.2, 0.25) is 0 Å². The van der Waals surface area contributed by atoms with Crippen LogP contribution in [0.5, 0.6) is 0 Å². The average Bonchev–Trinajstić information content (AvgIpc) is 2.47. The van der Waals surface area contributed by atoms with Crippen molar-refractivity contribution >= 4 is 98.3 Å². The quantitative estimate of drug-likeness (QED) is 0.253. The van der Waals surface area contributed by atoms with Crippen LogP contribution < -0.4 is 0 Å². The predicted molar refractivity (Wildman–Crippen MR) is 116 cm³/mol. The first-order chi connectivity index (χ1) is 11.2. The van der Waals surface area contributed by atoms with E-state index in [1.807, 2.05) is 0 Å². The number of alkyl halides is 1. The molecule has 0 unspecified atom stereocenters. The van der Waals surface area contributed by atoms with Gasteiger partial charge >= 0.3 is 0 Å². The molecule has 2 aromatic heterocycles. The van der Waals surface area contributed by atoms with Gasteiger partial charge in [-0.2, -0.15) is 0 Å². The summed E-state index contributed by atoms with van der Waals surface area (Å²) in [6.07, 6.45) is 3.01. The van der Waals surface area contributed by atoms with Crippen molar-refractivity contribution in [1.82, 2.24) is 9.97 Å². The van der Waals surface area contributed by atoms with Crippen LogP contribution in [-0.2, 0) is 11.9 Å². The SMILES string of the molecule is BrP(Br)Br.Fc1cc(Br)cnc1CBr.OCc1ncc(Br)cc1F. The topological polar surface area (TPSA) is 46.0 Å².